The first-order valence-corrected chi connectivity index (χ1v) is 7.42. The Labute approximate surface area is 133 Å². The van der Waals surface area contributed by atoms with Gasteiger partial charge in [0.1, 0.15) is 11.9 Å². The third-order valence-corrected chi connectivity index (χ3v) is 4.42. The fourth-order valence-electron chi connectivity index (χ4n) is 2.61. The molecule has 22 heavy (non-hydrogen) atoms. The van der Waals surface area contributed by atoms with Gasteiger partial charge in [0, 0.05) is 26.7 Å². The number of rotatable bonds is 3. The van der Waals surface area contributed by atoms with Gasteiger partial charge in [-0.05, 0) is 30.4 Å². The topological polar surface area (TPSA) is 62.0 Å². The van der Waals surface area contributed by atoms with E-state index in [-0.39, 0.29) is 12.6 Å². The maximum Gasteiger partial charge on any atom is 0.414 e. The second-order valence-corrected chi connectivity index (χ2v) is 5.71. The summed E-state index contributed by atoms with van der Waals surface area (Å²) in [6, 6.07) is 4.66. The Bertz CT molecular complexity index is 627. The van der Waals surface area contributed by atoms with Gasteiger partial charge < -0.3 is 20.3 Å². The molecule has 1 atom stereocenters. The maximum atomic E-state index is 14.4. The van der Waals surface area contributed by atoms with Gasteiger partial charge in [0.15, 0.2) is 5.11 Å². The summed E-state index contributed by atoms with van der Waals surface area (Å²) in [5.41, 5.74) is 6.37. The monoisotopic (exact) mass is 324 g/mol. The van der Waals surface area contributed by atoms with Crippen molar-refractivity contribution < 1.29 is 13.9 Å². The zero-order chi connectivity index (χ0) is 15.9. The van der Waals surface area contributed by atoms with Crippen LogP contribution in [0.15, 0.2) is 18.2 Å². The summed E-state index contributed by atoms with van der Waals surface area (Å²) in [4.78, 5) is 16.8. The number of ether oxygens (including phenoxy) is 1. The number of cyclic esters (lactones) is 1. The molecule has 2 fully saturated rings. The van der Waals surface area contributed by atoms with Crippen molar-refractivity contribution in [3.63, 3.8) is 0 Å². The predicted molar refractivity (Wildman–Crippen MR) is 85.6 cm³/mol. The Morgan fingerprint density at radius 1 is 1.41 bits per heavy atom. The van der Waals surface area contributed by atoms with E-state index in [1.54, 1.807) is 17.0 Å². The third-order valence-electron chi connectivity index (χ3n) is 3.89. The lowest BCUT2D eigenvalue weighted by Crippen LogP contribution is -2.30. The van der Waals surface area contributed by atoms with E-state index >= 15 is 0 Å². The van der Waals surface area contributed by atoms with Gasteiger partial charge in [-0.15, -0.1) is 0 Å². The summed E-state index contributed by atoms with van der Waals surface area (Å²) < 4.78 is 19.5. The van der Waals surface area contributed by atoms with Gasteiger partial charge in [0.05, 0.1) is 17.9 Å². The normalized spacial score (nSPS) is 21.8. The number of carbonyl (C=O) groups excluding carboxylic acids is 1. The van der Waals surface area contributed by atoms with Gasteiger partial charge in [0.2, 0.25) is 0 Å². The van der Waals surface area contributed by atoms with E-state index in [0.717, 1.165) is 6.54 Å². The number of carbonyl (C=O) groups is 1. The molecule has 8 heteroatoms. The molecule has 0 aromatic heterocycles. The zero-order valence-electron chi connectivity index (χ0n) is 12.2. The van der Waals surface area contributed by atoms with Crippen LogP contribution in [0.5, 0.6) is 0 Å². The molecule has 0 unspecified atom stereocenters. The molecular weight excluding hydrogens is 307 g/mol. The Morgan fingerprint density at radius 2 is 2.18 bits per heavy atom. The number of anilines is 2. The average molecular weight is 324 g/mol. The molecule has 3 rings (SSSR count). The standard InChI is InChI=1S/C14H17FN4O2S/c1-17-4-5-18(13(17)22)12-3-2-9(6-11(12)15)19-8-10(7-16)21-14(19)20/h2-3,6,10H,4-5,7-8,16H2,1H3/t10-/m0/s1. The first-order chi connectivity index (χ1) is 10.5. The van der Waals surface area contributed by atoms with Crippen molar-refractivity contribution in [1.82, 2.24) is 4.90 Å². The number of nitrogens with two attached hydrogens (primary N) is 1. The summed E-state index contributed by atoms with van der Waals surface area (Å²) in [6.07, 6.45) is -0.853. The Balaban J connectivity index is 1.84. The number of halogens is 1. The Hall–Kier alpha value is -1.93. The minimum Gasteiger partial charge on any atom is -0.443 e. The maximum absolute atomic E-state index is 14.4. The van der Waals surface area contributed by atoms with E-state index in [0.29, 0.717) is 29.6 Å². The van der Waals surface area contributed by atoms with Crippen molar-refractivity contribution >= 4 is 34.8 Å². The van der Waals surface area contributed by atoms with Crippen LogP contribution < -0.4 is 15.5 Å². The molecule has 0 bridgehead atoms. The molecule has 0 saturated carbocycles. The van der Waals surface area contributed by atoms with Crippen molar-refractivity contribution in [1.29, 1.82) is 0 Å². The van der Waals surface area contributed by atoms with Crippen LogP contribution in [-0.2, 0) is 4.74 Å². The largest absolute Gasteiger partial charge is 0.443 e. The minimum absolute atomic E-state index is 0.247. The van der Waals surface area contributed by atoms with Crippen molar-refractivity contribution in [2.45, 2.75) is 6.10 Å². The van der Waals surface area contributed by atoms with Crippen LogP contribution in [0, 0.1) is 5.82 Å². The minimum atomic E-state index is -0.501. The lowest BCUT2D eigenvalue weighted by atomic mass is 10.2. The van der Waals surface area contributed by atoms with Crippen molar-refractivity contribution in [3.05, 3.63) is 24.0 Å². The number of hydrogen-bond donors (Lipinski definition) is 1. The molecule has 2 N–H and O–H groups in total. The number of benzene rings is 1. The molecule has 2 saturated heterocycles. The van der Waals surface area contributed by atoms with Gasteiger partial charge in [-0.25, -0.2) is 9.18 Å². The number of nitrogens with zero attached hydrogens (tertiary/aromatic N) is 3. The SMILES string of the molecule is CN1CCN(c2ccc(N3C[C@H](CN)OC3=O)cc2F)C1=S. The molecule has 2 aliphatic heterocycles. The highest BCUT2D eigenvalue weighted by Crippen LogP contribution is 2.29. The summed E-state index contributed by atoms with van der Waals surface area (Å²) in [7, 11) is 1.88. The third kappa shape index (κ3) is 2.48. The van der Waals surface area contributed by atoms with Crippen molar-refractivity contribution in [2.24, 2.45) is 5.73 Å². The fourth-order valence-corrected chi connectivity index (χ4v) is 2.89. The number of thiocarbonyl (C=S) groups is 1. The Morgan fingerprint density at radius 3 is 2.73 bits per heavy atom. The summed E-state index contributed by atoms with van der Waals surface area (Å²) in [5.74, 6) is -0.417. The molecule has 6 nitrogen and oxygen atoms in total. The van der Waals surface area contributed by atoms with E-state index in [2.05, 4.69) is 0 Å². The summed E-state index contributed by atoms with van der Waals surface area (Å²) in [6.45, 7) is 1.99. The Kier molecular flexibility index (Phi) is 3.88. The average Bonchev–Trinajstić information content (AvgIpc) is 3.03. The lowest BCUT2D eigenvalue weighted by molar-refractivity contribution is 0.145. The van der Waals surface area contributed by atoms with Crippen molar-refractivity contribution in [3.8, 4) is 0 Å². The molecule has 0 radical (unpaired) electrons. The number of hydrogen-bond acceptors (Lipinski definition) is 4. The van der Waals surface area contributed by atoms with E-state index < -0.39 is 11.9 Å². The van der Waals surface area contributed by atoms with Crippen LogP contribution >= 0.6 is 12.2 Å². The molecule has 1 amide bonds. The number of likely N-dealkylation sites (N-methyl/N-ethyl adjacent to an activating group) is 1. The van der Waals surface area contributed by atoms with Gasteiger partial charge in [-0.2, -0.15) is 0 Å². The van der Waals surface area contributed by atoms with Gasteiger partial charge in [-0.1, -0.05) is 0 Å². The molecule has 0 spiro atoms. The van der Waals surface area contributed by atoms with Gasteiger partial charge >= 0.3 is 6.09 Å². The van der Waals surface area contributed by atoms with Crippen LogP contribution in [0.1, 0.15) is 0 Å². The quantitative estimate of drug-likeness (QED) is 0.842. The molecule has 2 heterocycles. The van der Waals surface area contributed by atoms with Gasteiger partial charge in [-0.3, -0.25) is 4.90 Å². The highest BCUT2D eigenvalue weighted by atomic mass is 32.1. The van der Waals surface area contributed by atoms with Crippen LogP contribution in [0.4, 0.5) is 20.6 Å². The van der Waals surface area contributed by atoms with Crippen LogP contribution in [0.25, 0.3) is 0 Å². The van der Waals surface area contributed by atoms with E-state index in [1.165, 1.54) is 11.0 Å². The molecule has 2 aliphatic rings. The van der Waals surface area contributed by atoms with Crippen LogP contribution in [0.2, 0.25) is 0 Å². The molecule has 118 valence electrons. The summed E-state index contributed by atoms with van der Waals surface area (Å²) >= 11 is 5.28. The fraction of sp³-hybridized carbons (Fsp3) is 0.429. The second-order valence-electron chi connectivity index (χ2n) is 5.34. The molecular formula is C14H17FN4O2S. The van der Waals surface area contributed by atoms with Gasteiger partial charge in [0.25, 0.3) is 0 Å². The lowest BCUT2D eigenvalue weighted by Gasteiger charge is -2.21. The van der Waals surface area contributed by atoms with E-state index in [9.17, 15) is 9.18 Å². The van der Waals surface area contributed by atoms with E-state index in [1.807, 2.05) is 11.9 Å². The van der Waals surface area contributed by atoms with Crippen LogP contribution in [-0.4, -0.2) is 55.4 Å². The highest BCUT2D eigenvalue weighted by molar-refractivity contribution is 7.80. The van der Waals surface area contributed by atoms with E-state index in [4.69, 9.17) is 22.7 Å². The first kappa shape index (κ1) is 15.0. The highest BCUT2D eigenvalue weighted by Gasteiger charge is 2.32. The first-order valence-electron chi connectivity index (χ1n) is 7.01. The molecule has 0 aliphatic carbocycles. The summed E-state index contributed by atoms with van der Waals surface area (Å²) in [5, 5.41) is 0.593. The number of amides is 1. The second kappa shape index (κ2) is 5.69. The smallest absolute Gasteiger partial charge is 0.414 e. The predicted octanol–water partition coefficient (Wildman–Crippen LogP) is 1.15. The van der Waals surface area contributed by atoms with Crippen LogP contribution in [0.3, 0.4) is 0 Å². The molecule has 1 aromatic carbocycles. The zero-order valence-corrected chi connectivity index (χ0v) is 13.0. The van der Waals surface area contributed by atoms with Crippen molar-refractivity contribution in [2.75, 3.05) is 43.0 Å². The molecule has 1 aromatic rings.